The third-order valence-electron chi connectivity index (χ3n) is 3.07. The van der Waals surface area contributed by atoms with Crippen LogP contribution in [0, 0.1) is 0 Å². The molecule has 2 aromatic rings. The minimum Gasteiger partial charge on any atom is -0.396 e. The highest BCUT2D eigenvalue weighted by molar-refractivity contribution is 5.73. The number of ether oxygens (including phenoxy) is 1. The molecule has 22 heavy (non-hydrogen) atoms. The number of nitrogens with two attached hydrogens (primary N) is 1. The maximum atomic E-state index is 10.2. The van der Waals surface area contributed by atoms with Crippen molar-refractivity contribution < 1.29 is 20.1 Å². The van der Waals surface area contributed by atoms with Crippen molar-refractivity contribution in [3.63, 3.8) is 0 Å². The molecule has 0 saturated carbocycles. The van der Waals surface area contributed by atoms with Crippen LogP contribution in [0.15, 0.2) is 12.7 Å². The first-order valence-electron chi connectivity index (χ1n) is 6.57. The number of nitrogen functional groups attached to an aromatic ring is 1. The zero-order valence-electron chi connectivity index (χ0n) is 12.0. The van der Waals surface area contributed by atoms with E-state index in [9.17, 15) is 10.2 Å². The van der Waals surface area contributed by atoms with Crippen LogP contribution in [0.1, 0.15) is 25.3 Å². The molecule has 2 atom stereocenters. The smallest absolute Gasteiger partial charge is 0.222 e. The molecule has 0 amide bonds. The summed E-state index contributed by atoms with van der Waals surface area (Å²) in [5.74, 6) is -1.76. The summed E-state index contributed by atoms with van der Waals surface area (Å²) in [5.41, 5.74) is 6.39. The van der Waals surface area contributed by atoms with Crippen LogP contribution in [0.3, 0.4) is 0 Å². The molecular formula is C12H18N6O4. The maximum Gasteiger partial charge on any atom is 0.222 e. The van der Waals surface area contributed by atoms with Crippen molar-refractivity contribution in [2.45, 2.75) is 32.0 Å². The van der Waals surface area contributed by atoms with E-state index in [1.165, 1.54) is 10.8 Å². The van der Waals surface area contributed by atoms with Crippen LogP contribution in [-0.4, -0.2) is 52.7 Å². The Morgan fingerprint density at radius 2 is 2.18 bits per heavy atom. The third kappa shape index (κ3) is 3.04. The second-order valence-electron chi connectivity index (χ2n) is 4.63. The molecule has 10 heteroatoms. The molecule has 0 radical (unpaired) electrons. The van der Waals surface area contributed by atoms with E-state index in [1.807, 2.05) is 0 Å². The summed E-state index contributed by atoms with van der Waals surface area (Å²) in [6, 6.07) is 0. The Labute approximate surface area is 125 Å². The van der Waals surface area contributed by atoms with Gasteiger partial charge in [-0.15, -0.1) is 5.10 Å². The molecule has 0 bridgehead atoms. The lowest BCUT2D eigenvalue weighted by Gasteiger charge is -2.27. The third-order valence-corrected chi connectivity index (χ3v) is 3.07. The highest BCUT2D eigenvalue weighted by Gasteiger charge is 2.28. The van der Waals surface area contributed by atoms with E-state index in [0.29, 0.717) is 0 Å². The van der Waals surface area contributed by atoms with Gasteiger partial charge in [-0.05, 0) is 13.0 Å². The highest BCUT2D eigenvalue weighted by atomic mass is 16.6. The molecule has 0 saturated heterocycles. The van der Waals surface area contributed by atoms with E-state index < -0.39 is 12.0 Å². The van der Waals surface area contributed by atoms with Crippen LogP contribution in [0.2, 0.25) is 0 Å². The van der Waals surface area contributed by atoms with Crippen LogP contribution in [0.5, 0.6) is 0 Å². The summed E-state index contributed by atoms with van der Waals surface area (Å²) in [6.45, 7) is 4.44. The van der Waals surface area contributed by atoms with Crippen LogP contribution >= 0.6 is 0 Å². The van der Waals surface area contributed by atoms with Gasteiger partial charge in [0.25, 0.3) is 0 Å². The van der Waals surface area contributed by atoms with Crippen molar-refractivity contribution in [3.8, 4) is 0 Å². The van der Waals surface area contributed by atoms with Gasteiger partial charge in [-0.3, -0.25) is 0 Å². The molecule has 0 spiro atoms. The number of fused-ring (bicyclic) bond motifs is 1. The number of anilines is 1. The quantitative estimate of drug-likeness (QED) is 0.376. The fourth-order valence-corrected chi connectivity index (χ4v) is 1.97. The number of aliphatic hydroxyl groups is 3. The zero-order chi connectivity index (χ0) is 16.3. The average molecular weight is 310 g/mol. The van der Waals surface area contributed by atoms with Gasteiger partial charge in [0.15, 0.2) is 23.2 Å². The Balaban J connectivity index is 2.38. The standard InChI is InChI=1S/C12H18N6O4/c1-3-12(21,4-5-19)22-7(2)18-10-9(16-17-18)8(6-20)14-11(13)15-10/h3,7,19-21H,1,4-6H2,2H3,(H2,13,14,15). The molecule has 10 nitrogen and oxygen atoms in total. The van der Waals surface area contributed by atoms with Crippen molar-refractivity contribution in [2.24, 2.45) is 0 Å². The minimum absolute atomic E-state index is 0.0401. The van der Waals surface area contributed by atoms with Gasteiger partial charge in [0, 0.05) is 13.0 Å². The molecule has 2 rings (SSSR count). The van der Waals surface area contributed by atoms with E-state index in [2.05, 4.69) is 26.9 Å². The average Bonchev–Trinajstić information content (AvgIpc) is 2.90. The highest BCUT2D eigenvalue weighted by Crippen LogP contribution is 2.24. The number of hydrogen-bond donors (Lipinski definition) is 4. The Hall–Kier alpha value is -2.14. The monoisotopic (exact) mass is 310 g/mol. The lowest BCUT2D eigenvalue weighted by molar-refractivity contribution is -0.220. The van der Waals surface area contributed by atoms with Crippen molar-refractivity contribution in [3.05, 3.63) is 18.3 Å². The summed E-state index contributed by atoms with van der Waals surface area (Å²) >= 11 is 0. The SMILES string of the molecule is C=CC(O)(CCO)OC(C)n1nnc2c(CO)nc(N)nc21. The van der Waals surface area contributed by atoms with Crippen LogP contribution in [-0.2, 0) is 11.3 Å². The van der Waals surface area contributed by atoms with E-state index in [1.54, 1.807) is 6.92 Å². The van der Waals surface area contributed by atoms with Gasteiger partial charge in [-0.1, -0.05) is 11.8 Å². The summed E-state index contributed by atoms with van der Waals surface area (Å²) in [5, 5.41) is 36.2. The summed E-state index contributed by atoms with van der Waals surface area (Å²) in [4.78, 5) is 7.90. The van der Waals surface area contributed by atoms with Gasteiger partial charge >= 0.3 is 0 Å². The molecule has 2 aromatic heterocycles. The number of rotatable bonds is 7. The summed E-state index contributed by atoms with van der Waals surface area (Å²) in [7, 11) is 0. The van der Waals surface area contributed by atoms with E-state index in [4.69, 9.17) is 15.6 Å². The molecule has 2 heterocycles. The molecule has 2 unspecified atom stereocenters. The number of hydrogen-bond acceptors (Lipinski definition) is 9. The van der Waals surface area contributed by atoms with Gasteiger partial charge in [0.2, 0.25) is 5.95 Å². The fourth-order valence-electron chi connectivity index (χ4n) is 1.97. The Morgan fingerprint density at radius 3 is 2.77 bits per heavy atom. The fraction of sp³-hybridized carbons (Fsp3) is 0.500. The maximum absolute atomic E-state index is 10.2. The Morgan fingerprint density at radius 1 is 1.45 bits per heavy atom. The molecule has 120 valence electrons. The predicted molar refractivity (Wildman–Crippen MR) is 76.1 cm³/mol. The summed E-state index contributed by atoms with van der Waals surface area (Å²) in [6.07, 6.45) is 0.355. The first-order valence-corrected chi connectivity index (χ1v) is 6.57. The topological polar surface area (TPSA) is 152 Å². The predicted octanol–water partition coefficient (Wildman–Crippen LogP) is -0.912. The van der Waals surface area contributed by atoms with Gasteiger partial charge in [-0.2, -0.15) is 9.67 Å². The minimum atomic E-state index is -1.72. The van der Waals surface area contributed by atoms with Crippen molar-refractivity contribution in [2.75, 3.05) is 12.3 Å². The zero-order valence-corrected chi connectivity index (χ0v) is 12.0. The molecule has 0 aliphatic rings. The Kier molecular flexibility index (Phi) is 4.66. The molecule has 0 fully saturated rings. The largest absolute Gasteiger partial charge is 0.396 e. The van der Waals surface area contributed by atoms with Crippen molar-refractivity contribution in [1.82, 2.24) is 25.0 Å². The number of nitrogens with zero attached hydrogens (tertiary/aromatic N) is 5. The van der Waals surface area contributed by atoms with Gasteiger partial charge in [-0.25, -0.2) is 4.98 Å². The normalized spacial score (nSPS) is 15.6. The molecule has 5 N–H and O–H groups in total. The van der Waals surface area contributed by atoms with Gasteiger partial charge < -0.3 is 25.8 Å². The first kappa shape index (κ1) is 16.2. The number of aromatic nitrogens is 5. The van der Waals surface area contributed by atoms with Crippen LogP contribution in [0.25, 0.3) is 11.2 Å². The number of aliphatic hydroxyl groups excluding tert-OH is 2. The summed E-state index contributed by atoms with van der Waals surface area (Å²) < 4.78 is 6.76. The molecule has 0 aromatic carbocycles. The second kappa shape index (κ2) is 6.32. The molecule has 0 aliphatic heterocycles. The molecule has 0 aliphatic carbocycles. The van der Waals surface area contributed by atoms with E-state index >= 15 is 0 Å². The lowest BCUT2D eigenvalue weighted by Crippen LogP contribution is -2.33. The van der Waals surface area contributed by atoms with E-state index in [0.717, 1.165) is 0 Å². The van der Waals surface area contributed by atoms with Gasteiger partial charge in [0.1, 0.15) is 5.69 Å². The van der Waals surface area contributed by atoms with Crippen molar-refractivity contribution in [1.29, 1.82) is 0 Å². The Bertz CT molecular complexity index is 675. The van der Waals surface area contributed by atoms with Crippen LogP contribution < -0.4 is 5.73 Å². The van der Waals surface area contributed by atoms with Crippen molar-refractivity contribution >= 4 is 17.1 Å². The molecular weight excluding hydrogens is 292 g/mol. The lowest BCUT2D eigenvalue weighted by atomic mass is 10.2. The first-order chi connectivity index (χ1) is 10.4. The van der Waals surface area contributed by atoms with Gasteiger partial charge in [0.05, 0.1) is 6.61 Å². The second-order valence-corrected chi connectivity index (χ2v) is 4.63. The van der Waals surface area contributed by atoms with Crippen LogP contribution in [0.4, 0.5) is 5.95 Å². The van der Waals surface area contributed by atoms with E-state index in [-0.39, 0.29) is 42.4 Å².